The van der Waals surface area contributed by atoms with Crippen LogP contribution in [0.3, 0.4) is 0 Å². The third kappa shape index (κ3) is 10.8. The lowest BCUT2D eigenvalue weighted by Crippen LogP contribution is -2.45. The number of anilines is 3. The molecule has 1 fully saturated rings. The van der Waals surface area contributed by atoms with Gasteiger partial charge >= 0.3 is 24.7 Å². The van der Waals surface area contributed by atoms with E-state index in [-0.39, 0.29) is 27.6 Å². The molecule has 0 heterocycles. The monoisotopic (exact) mass is 764 g/mol. The number of benzene rings is 3. The summed E-state index contributed by atoms with van der Waals surface area (Å²) >= 11 is 11.8. The van der Waals surface area contributed by atoms with Gasteiger partial charge in [-0.05, 0) is 85.8 Å². The fraction of sp³-hybridized carbons (Fsp3) is 0.333. The van der Waals surface area contributed by atoms with Gasteiger partial charge in [-0.25, -0.2) is 0 Å². The molecule has 0 aromatic heterocycles. The zero-order chi connectivity index (χ0) is 36.4. The third-order valence-corrected chi connectivity index (χ3v) is 9.02. The summed E-state index contributed by atoms with van der Waals surface area (Å²) in [6.07, 6.45) is -17.5. The quantitative estimate of drug-likeness (QED) is 0.147. The fourth-order valence-electron chi connectivity index (χ4n) is 4.91. The predicted octanol–water partition coefficient (Wildman–Crippen LogP) is 11.0. The van der Waals surface area contributed by atoms with E-state index in [9.17, 15) is 52.7 Å². The standard InChI is InChI=1S/C30H24F12N4S3/c31-27(32,33)15-9-16(28(34,35)36)12-19(11-15)43-25(47)45-21-5-1-3-7-23(21)49-24-8-4-2-6-22(24)46-26(48)44-20-13-17(29(37,38)39)10-18(14-20)30(40,41)42/h1,3,5,7,9-14,22,24H,2,4,6,8H2,(H2,43,45,47)(H2,44,46,48)/t22-,24-/m0/s1. The van der Waals surface area contributed by atoms with Crippen LogP contribution in [-0.4, -0.2) is 21.5 Å². The summed E-state index contributed by atoms with van der Waals surface area (Å²) in [5.74, 6) is 0. The second-order valence-corrected chi connectivity index (χ2v) is 12.9. The van der Waals surface area contributed by atoms with Crippen molar-refractivity contribution in [2.75, 3.05) is 16.0 Å². The van der Waals surface area contributed by atoms with Gasteiger partial charge in [-0.2, -0.15) is 52.7 Å². The Morgan fingerprint density at radius 2 is 1.00 bits per heavy atom. The average molecular weight is 765 g/mol. The molecule has 0 radical (unpaired) electrons. The van der Waals surface area contributed by atoms with Gasteiger partial charge in [0.25, 0.3) is 0 Å². The lowest BCUT2D eigenvalue weighted by Gasteiger charge is -2.33. The van der Waals surface area contributed by atoms with Crippen molar-refractivity contribution in [1.29, 1.82) is 0 Å². The van der Waals surface area contributed by atoms with Gasteiger partial charge in [0.1, 0.15) is 0 Å². The molecule has 49 heavy (non-hydrogen) atoms. The molecule has 0 spiro atoms. The van der Waals surface area contributed by atoms with Gasteiger partial charge < -0.3 is 21.3 Å². The molecule has 0 aliphatic heterocycles. The second-order valence-electron chi connectivity index (χ2n) is 10.8. The molecule has 1 aliphatic rings. The van der Waals surface area contributed by atoms with Crippen LogP contribution >= 0.6 is 36.2 Å². The summed E-state index contributed by atoms with van der Waals surface area (Å²) in [5.41, 5.74) is -6.78. The van der Waals surface area contributed by atoms with Crippen molar-refractivity contribution < 1.29 is 52.7 Å². The molecule has 0 bridgehead atoms. The largest absolute Gasteiger partial charge is 0.416 e. The highest BCUT2D eigenvalue weighted by molar-refractivity contribution is 8.00. The number of para-hydroxylation sites is 1. The van der Waals surface area contributed by atoms with E-state index in [4.69, 9.17) is 24.4 Å². The van der Waals surface area contributed by atoms with Gasteiger partial charge in [0.2, 0.25) is 0 Å². The van der Waals surface area contributed by atoms with Crippen molar-refractivity contribution >= 4 is 63.5 Å². The van der Waals surface area contributed by atoms with Crippen LogP contribution in [0.15, 0.2) is 65.6 Å². The van der Waals surface area contributed by atoms with Crippen LogP contribution in [-0.2, 0) is 24.7 Å². The van der Waals surface area contributed by atoms with E-state index in [2.05, 4.69) is 21.3 Å². The van der Waals surface area contributed by atoms with Gasteiger partial charge in [0.05, 0.1) is 27.9 Å². The summed E-state index contributed by atoms with van der Waals surface area (Å²) < 4.78 is 160. The van der Waals surface area contributed by atoms with Crippen LogP contribution in [0, 0.1) is 0 Å². The van der Waals surface area contributed by atoms with Crippen LogP contribution in [0.4, 0.5) is 69.7 Å². The summed E-state index contributed by atoms with van der Waals surface area (Å²) in [6.45, 7) is 0. The molecule has 1 saturated carbocycles. The smallest absolute Gasteiger partial charge is 0.359 e. The minimum absolute atomic E-state index is 0.00152. The van der Waals surface area contributed by atoms with E-state index in [1.54, 1.807) is 24.3 Å². The van der Waals surface area contributed by atoms with Gasteiger partial charge in [-0.1, -0.05) is 25.0 Å². The third-order valence-electron chi connectivity index (χ3n) is 7.12. The molecule has 1 aliphatic carbocycles. The van der Waals surface area contributed by atoms with Crippen molar-refractivity contribution in [2.24, 2.45) is 0 Å². The minimum atomic E-state index is -5.06. The van der Waals surface area contributed by atoms with Crippen LogP contribution in [0.1, 0.15) is 47.9 Å². The maximum Gasteiger partial charge on any atom is 0.416 e. The molecular weight excluding hydrogens is 741 g/mol. The Hall–Kier alpha value is -3.45. The Balaban J connectivity index is 1.48. The number of hydrogen-bond donors (Lipinski definition) is 4. The highest BCUT2D eigenvalue weighted by atomic mass is 32.2. The summed E-state index contributed by atoms with van der Waals surface area (Å²) in [6, 6.07) is 8.15. The lowest BCUT2D eigenvalue weighted by molar-refractivity contribution is -0.144. The molecule has 19 heteroatoms. The Kier molecular flexibility index (Phi) is 11.6. The number of nitrogens with one attached hydrogen (secondary N) is 4. The van der Waals surface area contributed by atoms with Crippen LogP contribution in [0.25, 0.3) is 0 Å². The molecule has 266 valence electrons. The normalized spacial score (nSPS) is 17.3. The number of hydrogen-bond acceptors (Lipinski definition) is 3. The Bertz CT molecular complexity index is 1610. The Morgan fingerprint density at radius 3 is 1.47 bits per heavy atom. The summed E-state index contributed by atoms with van der Waals surface area (Å²) in [4.78, 5) is 0.581. The maximum atomic E-state index is 13.3. The van der Waals surface area contributed by atoms with Gasteiger partial charge in [0.15, 0.2) is 10.2 Å². The second kappa shape index (κ2) is 14.8. The van der Waals surface area contributed by atoms with Gasteiger partial charge in [-0.15, -0.1) is 11.8 Å². The van der Waals surface area contributed by atoms with Crippen LogP contribution in [0.2, 0.25) is 0 Å². The molecule has 3 aromatic rings. The first-order chi connectivity index (χ1) is 22.6. The Labute approximate surface area is 286 Å². The number of thioether (sulfide) groups is 1. The van der Waals surface area contributed by atoms with Crippen molar-refractivity contribution in [3.8, 4) is 0 Å². The molecule has 2 atom stereocenters. The first kappa shape index (κ1) is 38.4. The molecule has 4 rings (SSSR count). The SMILES string of the molecule is FC(F)(F)c1cc(NC(=S)Nc2ccccc2S[C@H]2CCCC[C@@H]2NC(=S)Nc2cc(C(F)(F)F)cc(C(F)(F)F)c2)cc(C(F)(F)F)c1. The van der Waals surface area contributed by atoms with E-state index in [1.165, 1.54) is 11.8 Å². The molecule has 0 saturated heterocycles. The fourth-order valence-corrected chi connectivity index (χ4v) is 6.79. The first-order valence-electron chi connectivity index (χ1n) is 14.1. The number of rotatable bonds is 6. The topological polar surface area (TPSA) is 48.1 Å². The van der Waals surface area contributed by atoms with E-state index >= 15 is 0 Å². The number of alkyl halides is 12. The maximum absolute atomic E-state index is 13.3. The van der Waals surface area contributed by atoms with Crippen molar-refractivity contribution in [2.45, 2.75) is 66.6 Å². The molecular formula is C30H24F12N4S3. The van der Waals surface area contributed by atoms with E-state index in [1.807, 2.05) is 0 Å². The van der Waals surface area contributed by atoms with Gasteiger partial charge in [0, 0.05) is 27.6 Å². The number of halogens is 12. The van der Waals surface area contributed by atoms with Crippen molar-refractivity contribution in [3.63, 3.8) is 0 Å². The predicted molar refractivity (Wildman–Crippen MR) is 170 cm³/mol. The van der Waals surface area contributed by atoms with E-state index < -0.39 is 64.4 Å². The highest BCUT2D eigenvalue weighted by Crippen LogP contribution is 2.40. The van der Waals surface area contributed by atoms with Crippen molar-refractivity contribution in [3.05, 3.63) is 82.9 Å². The van der Waals surface area contributed by atoms with Gasteiger partial charge in [-0.3, -0.25) is 0 Å². The number of thiocarbonyl (C=S) groups is 2. The zero-order valence-corrected chi connectivity index (χ0v) is 27.0. The molecule has 0 unspecified atom stereocenters. The average Bonchev–Trinajstić information content (AvgIpc) is 2.97. The summed E-state index contributed by atoms with van der Waals surface area (Å²) in [7, 11) is 0. The van der Waals surface area contributed by atoms with Crippen LogP contribution in [0.5, 0.6) is 0 Å². The van der Waals surface area contributed by atoms with Crippen molar-refractivity contribution in [1.82, 2.24) is 5.32 Å². The van der Waals surface area contributed by atoms with E-state index in [0.29, 0.717) is 47.7 Å². The lowest BCUT2D eigenvalue weighted by atomic mass is 9.95. The first-order valence-corrected chi connectivity index (χ1v) is 15.8. The highest BCUT2D eigenvalue weighted by Gasteiger charge is 2.38. The summed E-state index contributed by atoms with van der Waals surface area (Å²) in [5, 5.41) is 9.80. The van der Waals surface area contributed by atoms with Crippen LogP contribution < -0.4 is 21.3 Å². The molecule has 0 amide bonds. The molecule has 3 aromatic carbocycles. The molecule has 4 N–H and O–H groups in total. The zero-order valence-electron chi connectivity index (χ0n) is 24.5. The minimum Gasteiger partial charge on any atom is -0.359 e. The Morgan fingerprint density at radius 1 is 0.571 bits per heavy atom. The molecule has 4 nitrogen and oxygen atoms in total. The van der Waals surface area contributed by atoms with E-state index in [0.717, 1.165) is 12.8 Å².